The van der Waals surface area contributed by atoms with Gasteiger partial charge in [0.2, 0.25) is 0 Å². The first-order valence-electron chi connectivity index (χ1n) is 9.01. The van der Waals surface area contributed by atoms with E-state index in [1.54, 1.807) is 0 Å². The molecule has 120 valence electrons. The van der Waals surface area contributed by atoms with Crippen molar-refractivity contribution >= 4 is 16.9 Å². The zero-order chi connectivity index (χ0) is 14.5. The largest absolute Gasteiger partial charge is 0.362 e. The maximum absolute atomic E-state index is 4.83. The molecule has 0 amide bonds. The van der Waals surface area contributed by atoms with E-state index in [2.05, 4.69) is 17.1 Å². The van der Waals surface area contributed by atoms with Gasteiger partial charge in [-0.05, 0) is 51.5 Å². The summed E-state index contributed by atoms with van der Waals surface area (Å²) in [5.41, 5.74) is 0. The zero-order valence-electron chi connectivity index (χ0n) is 13.5. The van der Waals surface area contributed by atoms with Gasteiger partial charge < -0.3 is 10.2 Å². The summed E-state index contributed by atoms with van der Waals surface area (Å²) in [5.74, 6) is 2.19. The van der Waals surface area contributed by atoms with Crippen LogP contribution >= 0.6 is 11.8 Å². The van der Waals surface area contributed by atoms with Gasteiger partial charge in [-0.3, -0.25) is 4.99 Å². The second-order valence-electron chi connectivity index (χ2n) is 7.03. The van der Waals surface area contributed by atoms with Gasteiger partial charge in [-0.25, -0.2) is 0 Å². The van der Waals surface area contributed by atoms with Gasteiger partial charge in [0.1, 0.15) is 0 Å². The number of rotatable bonds is 4. The molecule has 1 aliphatic carbocycles. The molecule has 1 N–H and O–H groups in total. The predicted molar refractivity (Wildman–Crippen MR) is 93.1 cm³/mol. The van der Waals surface area contributed by atoms with E-state index >= 15 is 0 Å². The van der Waals surface area contributed by atoms with E-state index in [9.17, 15) is 0 Å². The van der Waals surface area contributed by atoms with E-state index in [4.69, 9.17) is 4.99 Å². The lowest BCUT2D eigenvalue weighted by molar-refractivity contribution is 0.160. The van der Waals surface area contributed by atoms with E-state index in [1.807, 2.05) is 11.8 Å². The molecule has 3 nitrogen and oxygen atoms in total. The lowest BCUT2D eigenvalue weighted by Gasteiger charge is -2.37. The molecular formula is C17H31N3S. The molecule has 3 aliphatic rings. The van der Waals surface area contributed by atoms with E-state index in [0.717, 1.165) is 24.5 Å². The van der Waals surface area contributed by atoms with Crippen molar-refractivity contribution in [2.24, 2.45) is 10.9 Å². The highest BCUT2D eigenvalue weighted by molar-refractivity contribution is 8.13. The highest BCUT2D eigenvalue weighted by Gasteiger charge is 2.30. The van der Waals surface area contributed by atoms with Gasteiger partial charge in [0, 0.05) is 30.9 Å². The van der Waals surface area contributed by atoms with E-state index in [-0.39, 0.29) is 0 Å². The van der Waals surface area contributed by atoms with Gasteiger partial charge in [-0.1, -0.05) is 31.0 Å². The second-order valence-corrected chi connectivity index (χ2v) is 8.04. The van der Waals surface area contributed by atoms with Gasteiger partial charge in [0.25, 0.3) is 0 Å². The summed E-state index contributed by atoms with van der Waals surface area (Å²) in [7, 11) is 0. The van der Waals surface area contributed by atoms with Crippen molar-refractivity contribution in [3.05, 3.63) is 0 Å². The standard InChI is InChI=1S/C17H31N3S/c1-14-7-4-5-11-20(14)12-6-10-18-17-19-16-9-3-2-8-15(16)13-21-17/h14-16H,2-13H2,1H3,(H,18,19). The molecule has 0 aromatic heterocycles. The molecule has 21 heavy (non-hydrogen) atoms. The van der Waals surface area contributed by atoms with Crippen molar-refractivity contribution in [2.75, 3.05) is 25.4 Å². The third-order valence-electron chi connectivity index (χ3n) is 5.45. The number of nitrogens with zero attached hydrogens (tertiary/aromatic N) is 2. The lowest BCUT2D eigenvalue weighted by Crippen LogP contribution is -2.46. The Kier molecular flexibility index (Phi) is 5.87. The number of likely N-dealkylation sites (tertiary alicyclic amines) is 1. The first-order chi connectivity index (χ1) is 10.3. The van der Waals surface area contributed by atoms with Gasteiger partial charge in [0.05, 0.1) is 0 Å². The van der Waals surface area contributed by atoms with Crippen molar-refractivity contribution in [1.82, 2.24) is 10.2 Å². The maximum Gasteiger partial charge on any atom is 0.156 e. The lowest BCUT2D eigenvalue weighted by atomic mass is 9.86. The van der Waals surface area contributed by atoms with Crippen LogP contribution in [0.25, 0.3) is 0 Å². The highest BCUT2D eigenvalue weighted by atomic mass is 32.2. The number of nitrogens with one attached hydrogen (secondary N) is 1. The Morgan fingerprint density at radius 1 is 1.19 bits per heavy atom. The van der Waals surface area contributed by atoms with Gasteiger partial charge in [-0.2, -0.15) is 0 Å². The van der Waals surface area contributed by atoms with Crippen molar-refractivity contribution in [1.29, 1.82) is 0 Å². The Balaban J connectivity index is 1.38. The zero-order valence-corrected chi connectivity index (χ0v) is 14.3. The minimum absolute atomic E-state index is 0.723. The number of aliphatic imine (C=N–C) groups is 1. The molecule has 3 unspecified atom stereocenters. The van der Waals surface area contributed by atoms with Crippen LogP contribution < -0.4 is 5.32 Å². The molecule has 0 aromatic carbocycles. The fraction of sp³-hybridized carbons (Fsp3) is 0.941. The quantitative estimate of drug-likeness (QED) is 0.806. The summed E-state index contributed by atoms with van der Waals surface area (Å²) >= 11 is 1.96. The Morgan fingerprint density at radius 2 is 2.05 bits per heavy atom. The molecule has 2 saturated heterocycles. The second kappa shape index (κ2) is 7.87. The molecule has 3 fully saturated rings. The minimum atomic E-state index is 0.723. The summed E-state index contributed by atoms with van der Waals surface area (Å²) < 4.78 is 0. The molecule has 2 aliphatic heterocycles. The molecule has 0 spiro atoms. The van der Waals surface area contributed by atoms with Crippen LogP contribution in [0.3, 0.4) is 0 Å². The van der Waals surface area contributed by atoms with Crippen molar-refractivity contribution in [3.8, 4) is 0 Å². The molecule has 2 heterocycles. The third kappa shape index (κ3) is 4.38. The van der Waals surface area contributed by atoms with Crippen LogP contribution in [0, 0.1) is 5.92 Å². The normalized spacial score (nSPS) is 36.2. The molecule has 0 aromatic rings. The van der Waals surface area contributed by atoms with Crippen LogP contribution in [0.4, 0.5) is 0 Å². The van der Waals surface area contributed by atoms with Crippen LogP contribution in [0.5, 0.6) is 0 Å². The molecule has 4 heteroatoms. The van der Waals surface area contributed by atoms with Gasteiger partial charge in [-0.15, -0.1) is 0 Å². The van der Waals surface area contributed by atoms with Crippen molar-refractivity contribution < 1.29 is 0 Å². The van der Waals surface area contributed by atoms with Gasteiger partial charge >= 0.3 is 0 Å². The van der Waals surface area contributed by atoms with Crippen LogP contribution in [0.15, 0.2) is 4.99 Å². The number of hydrogen-bond acceptors (Lipinski definition) is 3. The van der Waals surface area contributed by atoms with E-state index in [1.165, 1.54) is 75.4 Å². The summed E-state index contributed by atoms with van der Waals surface area (Å²) in [6.45, 7) is 5.91. The molecule has 3 rings (SSSR count). The number of hydrogen-bond donors (Lipinski definition) is 1. The topological polar surface area (TPSA) is 27.6 Å². The summed E-state index contributed by atoms with van der Waals surface area (Å²) in [5, 5.41) is 4.93. The SMILES string of the molecule is CC1CCCCN1CCCN=C1NC2CCCCC2CS1. The van der Waals surface area contributed by atoms with E-state index < -0.39 is 0 Å². The van der Waals surface area contributed by atoms with Crippen LogP contribution in [0.1, 0.15) is 58.3 Å². The van der Waals surface area contributed by atoms with Crippen LogP contribution in [-0.2, 0) is 0 Å². The van der Waals surface area contributed by atoms with Crippen molar-refractivity contribution in [2.45, 2.75) is 70.4 Å². The number of amidine groups is 1. The number of fused-ring (bicyclic) bond motifs is 1. The molecule has 0 bridgehead atoms. The third-order valence-corrected chi connectivity index (χ3v) is 6.57. The molecular weight excluding hydrogens is 278 g/mol. The average molecular weight is 310 g/mol. The van der Waals surface area contributed by atoms with Gasteiger partial charge in [0.15, 0.2) is 5.17 Å². The van der Waals surface area contributed by atoms with E-state index in [0.29, 0.717) is 0 Å². The average Bonchev–Trinajstić information content (AvgIpc) is 2.53. The fourth-order valence-electron chi connectivity index (χ4n) is 4.02. The smallest absolute Gasteiger partial charge is 0.156 e. The minimum Gasteiger partial charge on any atom is -0.362 e. The molecule has 0 radical (unpaired) electrons. The number of piperidine rings is 1. The fourth-order valence-corrected chi connectivity index (χ4v) is 5.21. The van der Waals surface area contributed by atoms with Crippen molar-refractivity contribution in [3.63, 3.8) is 0 Å². The first kappa shape index (κ1) is 15.7. The monoisotopic (exact) mass is 309 g/mol. The van der Waals surface area contributed by atoms with Crippen LogP contribution in [-0.4, -0.2) is 47.5 Å². The Morgan fingerprint density at radius 3 is 2.95 bits per heavy atom. The Hall–Kier alpha value is -0.220. The highest BCUT2D eigenvalue weighted by Crippen LogP contribution is 2.31. The maximum atomic E-state index is 4.83. The van der Waals surface area contributed by atoms with Crippen LogP contribution in [0.2, 0.25) is 0 Å². The summed E-state index contributed by atoms with van der Waals surface area (Å²) in [6.07, 6.45) is 11.0. The summed E-state index contributed by atoms with van der Waals surface area (Å²) in [6, 6.07) is 1.51. The molecule has 1 saturated carbocycles. The number of thioether (sulfide) groups is 1. The first-order valence-corrected chi connectivity index (χ1v) is 9.99. The Bertz CT molecular complexity index is 358. The Labute approximate surface area is 134 Å². The predicted octanol–water partition coefficient (Wildman–Crippen LogP) is 3.50. The summed E-state index contributed by atoms with van der Waals surface area (Å²) in [4.78, 5) is 7.48. The molecule has 3 atom stereocenters.